The Morgan fingerprint density at radius 1 is 0.464 bits per heavy atom. The number of halogens is 9. The number of primary amides is 1. The number of amides is 3. The fourth-order valence-electron chi connectivity index (χ4n) is 10.7. The monoisotopic (exact) mass is 1940 g/mol. The first-order valence-electron chi connectivity index (χ1n) is 35.1. The van der Waals surface area contributed by atoms with Gasteiger partial charge in [-0.3, -0.25) is 33.6 Å². The number of Topliss-reactive ketones (excluding diaryl/α,β-unsaturated/α-hetero) is 4. The second-order valence-electron chi connectivity index (χ2n) is 29.7. The van der Waals surface area contributed by atoms with E-state index in [1.165, 1.54) is 25.7 Å². The first kappa shape index (κ1) is 97.9. The molecular formula is C79H93BBr5Cl4N9O14. The quantitative estimate of drug-likeness (QED) is 0.0221. The van der Waals surface area contributed by atoms with Crippen LogP contribution in [0, 0.1) is 17.8 Å². The van der Waals surface area contributed by atoms with Crippen molar-refractivity contribution in [2.45, 2.75) is 188 Å². The van der Waals surface area contributed by atoms with Crippen molar-refractivity contribution in [3.63, 3.8) is 0 Å². The van der Waals surface area contributed by atoms with E-state index in [0.717, 1.165) is 90.3 Å². The standard InChI is InChI=1S/C19H22N2O3.C15H19BrN2O2.2C11H13BrClNO.C8H9BrClNO.C7H5BrClNO2.C4H5BO3.C4H7NO/c1-12(22)10-19(2,3)17-15(14-8-9-24-11-14)6-7-16(20-17)21-18(23)13-4-5-13;1-9(19)8-15(2,3)13-11(16)6-7-12(17-13)18-14(20)10-4-5-10;2*1-7(15)6-11(2,3)10-8(12)4-5-9(13)14-10;1-8(2,12)7-5(9)3-4-6(10)11-7;1-12-7(11)6-4(8)2-3-5(9)10-6;6-5(7)4-1-2-8-3-4;5-4(6)3-1-2-3/h6-9,11,13H,4-5,10H2,1-3H3,(H,20,21,23);6-7,10H,4-5,8H2,1-3H3,(H,17,18,20);2*4-5H,6H2,1-3H3;3-4,12H,1-2H3;2-3H,1H3;1-3,6-7H;3H,1-2H2,(H2,5,6). The molecule has 8 aromatic rings. The molecule has 604 valence electrons. The number of hydrogen-bond acceptors (Lipinski definition) is 20. The van der Waals surface area contributed by atoms with Crippen molar-refractivity contribution in [2.75, 3.05) is 17.7 Å². The topological polar surface area (TPSA) is 360 Å². The Labute approximate surface area is 715 Å². The van der Waals surface area contributed by atoms with Crippen LogP contribution < -0.4 is 21.8 Å². The predicted molar refractivity (Wildman–Crippen MR) is 455 cm³/mol. The Morgan fingerprint density at radius 3 is 1.11 bits per heavy atom. The Morgan fingerprint density at radius 2 is 0.795 bits per heavy atom. The number of esters is 1. The molecule has 7 N–H and O–H groups in total. The van der Waals surface area contributed by atoms with Gasteiger partial charge in [-0.2, -0.15) is 0 Å². The first-order valence-corrected chi connectivity index (χ1v) is 40.5. The molecule has 112 heavy (non-hydrogen) atoms. The van der Waals surface area contributed by atoms with Gasteiger partial charge in [-0.15, -0.1) is 0 Å². The molecule has 23 nitrogen and oxygen atoms in total. The molecule has 8 aromatic heterocycles. The normalized spacial score (nSPS) is 12.9. The minimum absolute atomic E-state index is 0.0221. The lowest BCUT2D eigenvalue weighted by Crippen LogP contribution is -2.27. The van der Waals surface area contributed by atoms with Crippen LogP contribution in [0.1, 0.15) is 200 Å². The Bertz CT molecular complexity index is 4480. The van der Waals surface area contributed by atoms with E-state index in [1.54, 1.807) is 103 Å². The van der Waals surface area contributed by atoms with Crippen molar-refractivity contribution in [3.05, 3.63) is 187 Å². The van der Waals surface area contributed by atoms with Crippen LogP contribution in [0.3, 0.4) is 0 Å². The molecular weight excluding hydrogens is 1850 g/mol. The summed E-state index contributed by atoms with van der Waals surface area (Å²) < 4.78 is 18.2. The van der Waals surface area contributed by atoms with E-state index in [4.69, 9.17) is 66.6 Å². The lowest BCUT2D eigenvalue weighted by atomic mass is 9.80. The van der Waals surface area contributed by atoms with Gasteiger partial charge in [0.1, 0.15) is 61.0 Å². The molecule has 0 aliphatic heterocycles. The second kappa shape index (κ2) is 44.6. The molecule has 0 bridgehead atoms. The summed E-state index contributed by atoms with van der Waals surface area (Å²) in [6.07, 6.45) is 13.5. The van der Waals surface area contributed by atoms with E-state index < -0.39 is 24.1 Å². The largest absolute Gasteiger partial charge is 0.491 e. The number of carbonyl (C=O) groups is 8. The highest BCUT2D eigenvalue weighted by Crippen LogP contribution is 2.39. The van der Waals surface area contributed by atoms with Gasteiger partial charge in [0.05, 0.1) is 65.1 Å². The van der Waals surface area contributed by atoms with Gasteiger partial charge >= 0.3 is 13.1 Å². The predicted octanol–water partition coefficient (Wildman–Crippen LogP) is 18.8. The van der Waals surface area contributed by atoms with Crippen LogP contribution in [0.25, 0.3) is 11.1 Å². The molecule has 0 spiro atoms. The minimum atomic E-state index is -1.41. The third kappa shape index (κ3) is 34.1. The van der Waals surface area contributed by atoms with Crippen molar-refractivity contribution in [3.8, 4) is 11.1 Å². The average Bonchev–Trinajstić information content (AvgIpc) is 1.03. The average molecular weight is 1940 g/mol. The Balaban J connectivity index is 0.000000277. The van der Waals surface area contributed by atoms with Gasteiger partial charge in [0.2, 0.25) is 17.7 Å². The molecule has 3 aliphatic rings. The highest BCUT2D eigenvalue weighted by atomic mass is 79.9. The van der Waals surface area contributed by atoms with Gasteiger partial charge < -0.3 is 45.1 Å². The smallest absolute Gasteiger partial charge is 0.473 e. The molecule has 0 radical (unpaired) electrons. The fourth-order valence-corrected chi connectivity index (χ4v) is 14.7. The van der Waals surface area contributed by atoms with E-state index in [9.17, 15) is 43.5 Å². The third-order valence-electron chi connectivity index (χ3n) is 16.3. The van der Waals surface area contributed by atoms with Crippen LogP contribution in [-0.4, -0.2) is 106 Å². The number of nitrogens with two attached hydrogens (primary N) is 1. The SMILES string of the molecule is CC(=O)CC(C)(C)c1nc(Cl)ccc1Br.CC(=O)CC(C)(C)c1nc(Cl)ccc1Br.CC(=O)CC(C)(C)c1nc(NC(=O)C2CC2)ccc1-c1ccoc1.CC(=O)CC(C)(C)c1nc(NC(=O)C2CC2)ccc1Br.CC(C)(O)c1nc(Cl)ccc1Br.COC(=O)c1nc(Cl)ccc1Br.NC(=O)C1CC1.OB(O)c1ccoc1. The summed E-state index contributed by atoms with van der Waals surface area (Å²) in [4.78, 5) is 116. The maximum Gasteiger partial charge on any atom is 0.491 e. The summed E-state index contributed by atoms with van der Waals surface area (Å²) >= 11 is 39.7. The van der Waals surface area contributed by atoms with E-state index in [-0.39, 0.29) is 85.7 Å². The fraction of sp³-hybridized carbons (Fsp3) is 0.418. The number of ketones is 4. The molecule has 3 saturated carbocycles. The van der Waals surface area contributed by atoms with Crippen LogP contribution >= 0.6 is 126 Å². The molecule has 3 amide bonds. The van der Waals surface area contributed by atoms with Crippen LogP contribution in [0.4, 0.5) is 11.6 Å². The van der Waals surface area contributed by atoms with Crippen molar-refractivity contribution in [1.82, 2.24) is 29.9 Å². The zero-order valence-electron chi connectivity index (χ0n) is 64.8. The van der Waals surface area contributed by atoms with Crippen molar-refractivity contribution >= 4 is 197 Å². The number of aromatic nitrogens is 6. The minimum Gasteiger partial charge on any atom is -0.473 e. The number of pyridine rings is 6. The number of aliphatic hydroxyl groups is 1. The van der Waals surface area contributed by atoms with Crippen LogP contribution in [-0.2, 0) is 65.6 Å². The lowest BCUT2D eigenvalue weighted by molar-refractivity contribution is -0.119. The van der Waals surface area contributed by atoms with E-state index >= 15 is 0 Å². The number of methoxy groups -OCH3 is 1. The summed E-state index contributed by atoms with van der Waals surface area (Å²) in [5, 5.41) is 33.7. The van der Waals surface area contributed by atoms with Crippen molar-refractivity contribution < 1.29 is 67.1 Å². The molecule has 33 heteroatoms. The zero-order valence-corrected chi connectivity index (χ0v) is 75.7. The lowest BCUT2D eigenvalue weighted by Gasteiger charge is -2.26. The van der Waals surface area contributed by atoms with Gasteiger partial charge in [-0.25, -0.2) is 34.7 Å². The number of furan rings is 2. The third-order valence-corrected chi connectivity index (χ3v) is 20.4. The summed E-state index contributed by atoms with van der Waals surface area (Å²) in [7, 11) is -0.120. The van der Waals surface area contributed by atoms with Crippen molar-refractivity contribution in [1.29, 1.82) is 0 Å². The number of carbonyl (C=O) groups excluding carboxylic acids is 8. The van der Waals surface area contributed by atoms with Crippen LogP contribution in [0.5, 0.6) is 0 Å². The van der Waals surface area contributed by atoms with E-state index in [0.29, 0.717) is 68.4 Å². The zero-order chi connectivity index (χ0) is 84.6. The Kier molecular flexibility index (Phi) is 39.0. The summed E-state index contributed by atoms with van der Waals surface area (Å²) in [5.41, 5.74) is 8.65. The molecule has 11 rings (SSSR count). The molecule has 0 saturated heterocycles. The maximum absolute atomic E-state index is 12.0. The number of ether oxygens (including phenoxy) is 1. The van der Waals surface area contributed by atoms with Gasteiger partial charge in [-0.05, 0) is 245 Å². The van der Waals surface area contributed by atoms with Crippen LogP contribution in [0.2, 0.25) is 20.6 Å². The van der Waals surface area contributed by atoms with Gasteiger partial charge in [0.15, 0.2) is 5.69 Å². The molecule has 0 atom stereocenters. The van der Waals surface area contributed by atoms with Crippen molar-refractivity contribution in [2.24, 2.45) is 23.5 Å². The summed E-state index contributed by atoms with van der Waals surface area (Å²) in [6, 6.07) is 24.5. The number of nitrogens with zero attached hydrogens (tertiary/aromatic N) is 6. The van der Waals surface area contributed by atoms with Crippen LogP contribution in [0.15, 0.2) is 141 Å². The molecule has 0 aromatic carbocycles. The second-order valence-corrected chi connectivity index (χ2v) is 35.5. The first-order chi connectivity index (χ1) is 52.0. The number of nitrogens with one attached hydrogen (secondary N) is 2. The number of hydrogen-bond donors (Lipinski definition) is 6. The number of rotatable bonds is 21. The van der Waals surface area contributed by atoms with E-state index in [1.807, 2.05) is 85.7 Å². The Hall–Kier alpha value is -6.48. The highest BCUT2D eigenvalue weighted by Gasteiger charge is 2.35. The molecule has 8 heterocycles. The van der Waals surface area contributed by atoms with Gasteiger partial charge in [0.25, 0.3) is 0 Å². The summed E-state index contributed by atoms with van der Waals surface area (Å²) in [6.45, 7) is 25.5. The highest BCUT2D eigenvalue weighted by molar-refractivity contribution is 9.11. The van der Waals surface area contributed by atoms with E-state index in [2.05, 4.69) is 129 Å². The molecule has 0 unspecified atom stereocenters. The summed E-state index contributed by atoms with van der Waals surface area (Å²) in [5.74, 6) is 1.53. The number of anilines is 2. The van der Waals surface area contributed by atoms with Gasteiger partial charge in [0, 0.05) is 99.6 Å². The maximum atomic E-state index is 12.0. The van der Waals surface area contributed by atoms with Gasteiger partial charge in [-0.1, -0.05) is 102 Å². The molecule has 3 aliphatic carbocycles. The molecule has 3 fully saturated rings.